The standard InChI is InChI=1S/C20H18N8O/c1-13-4-3-5-14(24-13)8-15-6-7-16-17-9-23-28(12-27-10-21-22-11-27)20(29)18(17)26(2)19(16)25-15/h3-7,9-11H,8,12H2,1-2H3. The van der Waals surface area contributed by atoms with Crippen molar-refractivity contribution in [2.24, 2.45) is 7.05 Å². The van der Waals surface area contributed by atoms with Gasteiger partial charge >= 0.3 is 0 Å². The summed E-state index contributed by atoms with van der Waals surface area (Å²) in [5.74, 6) is 0. The Morgan fingerprint density at radius 1 is 0.966 bits per heavy atom. The van der Waals surface area contributed by atoms with Gasteiger partial charge in [-0.15, -0.1) is 10.2 Å². The van der Waals surface area contributed by atoms with Crippen LogP contribution in [0.2, 0.25) is 0 Å². The zero-order valence-electron chi connectivity index (χ0n) is 16.0. The topological polar surface area (TPSA) is 96.3 Å². The molecule has 0 unspecified atom stereocenters. The molecule has 0 radical (unpaired) electrons. The van der Waals surface area contributed by atoms with E-state index >= 15 is 0 Å². The van der Waals surface area contributed by atoms with Crippen LogP contribution in [-0.2, 0) is 20.1 Å². The molecule has 0 aromatic carbocycles. The molecule has 0 bridgehead atoms. The van der Waals surface area contributed by atoms with Gasteiger partial charge in [0.25, 0.3) is 5.56 Å². The summed E-state index contributed by atoms with van der Waals surface area (Å²) < 4.78 is 4.92. The van der Waals surface area contributed by atoms with Crippen LogP contribution in [0, 0.1) is 6.92 Å². The molecule has 0 atom stereocenters. The molecule has 144 valence electrons. The van der Waals surface area contributed by atoms with Crippen LogP contribution < -0.4 is 5.56 Å². The molecule has 9 nitrogen and oxygen atoms in total. The molecule has 0 saturated carbocycles. The zero-order chi connectivity index (χ0) is 20.0. The van der Waals surface area contributed by atoms with Gasteiger partial charge in [-0.1, -0.05) is 6.07 Å². The lowest BCUT2D eigenvalue weighted by Crippen LogP contribution is -2.26. The number of aryl methyl sites for hydroxylation is 2. The van der Waals surface area contributed by atoms with E-state index in [0.717, 1.165) is 33.5 Å². The Morgan fingerprint density at radius 2 is 1.76 bits per heavy atom. The first-order valence-electron chi connectivity index (χ1n) is 9.19. The molecule has 0 spiro atoms. The van der Waals surface area contributed by atoms with Crippen molar-refractivity contribution in [3.05, 3.63) is 76.6 Å². The third kappa shape index (κ3) is 2.96. The first-order chi connectivity index (χ1) is 14.1. The van der Waals surface area contributed by atoms with Crippen molar-refractivity contribution in [3.8, 4) is 0 Å². The van der Waals surface area contributed by atoms with E-state index < -0.39 is 0 Å². The fourth-order valence-corrected chi connectivity index (χ4v) is 3.59. The van der Waals surface area contributed by atoms with E-state index in [-0.39, 0.29) is 12.2 Å². The molecule has 0 fully saturated rings. The smallest absolute Gasteiger partial charge is 0.293 e. The molecular weight excluding hydrogens is 368 g/mol. The van der Waals surface area contributed by atoms with E-state index in [1.807, 2.05) is 48.9 Å². The Morgan fingerprint density at radius 3 is 2.55 bits per heavy atom. The van der Waals surface area contributed by atoms with Crippen LogP contribution in [0.25, 0.3) is 21.9 Å². The van der Waals surface area contributed by atoms with Gasteiger partial charge < -0.3 is 4.57 Å². The van der Waals surface area contributed by atoms with E-state index in [1.54, 1.807) is 23.4 Å². The molecule has 0 N–H and O–H groups in total. The minimum absolute atomic E-state index is 0.182. The van der Waals surface area contributed by atoms with Gasteiger partial charge in [0, 0.05) is 41.3 Å². The highest BCUT2D eigenvalue weighted by Crippen LogP contribution is 2.24. The van der Waals surface area contributed by atoms with E-state index in [4.69, 9.17) is 4.98 Å². The highest BCUT2D eigenvalue weighted by atomic mass is 16.1. The summed E-state index contributed by atoms with van der Waals surface area (Å²) in [4.78, 5) is 22.4. The molecule has 0 amide bonds. The Kier molecular flexibility index (Phi) is 3.94. The molecule has 9 heteroatoms. The van der Waals surface area contributed by atoms with Gasteiger partial charge in [0.05, 0.1) is 6.20 Å². The molecule has 0 aliphatic rings. The fourth-order valence-electron chi connectivity index (χ4n) is 3.59. The summed E-state index contributed by atoms with van der Waals surface area (Å²) in [6, 6.07) is 9.95. The number of rotatable bonds is 4. The minimum Gasteiger partial charge on any atom is -0.324 e. The number of aromatic nitrogens is 8. The molecule has 5 heterocycles. The normalized spacial score (nSPS) is 11.5. The Bertz CT molecular complexity index is 1400. The maximum atomic E-state index is 13.0. The molecule has 29 heavy (non-hydrogen) atoms. The van der Waals surface area contributed by atoms with Crippen molar-refractivity contribution in [2.75, 3.05) is 0 Å². The number of nitrogens with zero attached hydrogens (tertiary/aromatic N) is 8. The van der Waals surface area contributed by atoms with Crippen molar-refractivity contribution in [2.45, 2.75) is 20.0 Å². The van der Waals surface area contributed by atoms with Gasteiger partial charge in [-0.3, -0.25) is 14.3 Å². The summed E-state index contributed by atoms with van der Waals surface area (Å²) in [5, 5.41) is 13.5. The summed E-state index contributed by atoms with van der Waals surface area (Å²) >= 11 is 0. The van der Waals surface area contributed by atoms with Gasteiger partial charge in [-0.25, -0.2) is 9.67 Å². The van der Waals surface area contributed by atoms with Gasteiger partial charge in [-0.05, 0) is 31.2 Å². The van der Waals surface area contributed by atoms with Crippen molar-refractivity contribution < 1.29 is 0 Å². The average molecular weight is 386 g/mol. The third-order valence-corrected chi connectivity index (χ3v) is 4.97. The lowest BCUT2D eigenvalue weighted by atomic mass is 10.1. The maximum absolute atomic E-state index is 13.0. The number of fused-ring (bicyclic) bond motifs is 3. The molecule has 0 aliphatic heterocycles. The second-order valence-electron chi connectivity index (χ2n) is 7.01. The highest BCUT2D eigenvalue weighted by molar-refractivity contribution is 6.05. The summed E-state index contributed by atoms with van der Waals surface area (Å²) in [5.41, 5.74) is 3.99. The first-order valence-corrected chi connectivity index (χ1v) is 9.19. The second-order valence-corrected chi connectivity index (χ2v) is 7.01. The van der Waals surface area contributed by atoms with Crippen LogP contribution in [-0.4, -0.2) is 39.1 Å². The van der Waals surface area contributed by atoms with Crippen molar-refractivity contribution in [3.63, 3.8) is 0 Å². The van der Waals surface area contributed by atoms with E-state index in [9.17, 15) is 4.79 Å². The van der Waals surface area contributed by atoms with Crippen LogP contribution in [0.15, 0.2) is 54.0 Å². The molecule has 0 saturated heterocycles. The van der Waals surface area contributed by atoms with Gasteiger partial charge in [-0.2, -0.15) is 5.10 Å². The lowest BCUT2D eigenvalue weighted by molar-refractivity contribution is 0.522. The molecule has 5 aromatic heterocycles. The number of pyridine rings is 2. The van der Waals surface area contributed by atoms with Crippen LogP contribution in [0.5, 0.6) is 0 Å². The summed E-state index contributed by atoms with van der Waals surface area (Å²) in [6.45, 7) is 2.23. The molecular formula is C20H18N8O. The van der Waals surface area contributed by atoms with Crippen LogP contribution in [0.1, 0.15) is 17.1 Å². The average Bonchev–Trinajstić information content (AvgIpc) is 3.31. The quantitative estimate of drug-likeness (QED) is 0.466. The Hall–Kier alpha value is -3.88. The SMILES string of the molecule is Cc1cccc(Cc2ccc3c4cnn(Cn5cnnc5)c(=O)c4n(C)c3n2)n1. The molecule has 5 rings (SSSR count). The van der Waals surface area contributed by atoms with Crippen molar-refractivity contribution >= 4 is 21.9 Å². The van der Waals surface area contributed by atoms with E-state index in [0.29, 0.717) is 11.9 Å². The van der Waals surface area contributed by atoms with Crippen molar-refractivity contribution in [1.82, 2.24) is 39.1 Å². The maximum Gasteiger partial charge on any atom is 0.293 e. The number of hydrogen-bond acceptors (Lipinski definition) is 6. The van der Waals surface area contributed by atoms with Gasteiger partial charge in [0.1, 0.15) is 30.5 Å². The second kappa shape index (κ2) is 6.62. The van der Waals surface area contributed by atoms with Crippen molar-refractivity contribution in [1.29, 1.82) is 0 Å². The third-order valence-electron chi connectivity index (χ3n) is 4.97. The highest BCUT2D eigenvalue weighted by Gasteiger charge is 2.16. The van der Waals surface area contributed by atoms with Crippen LogP contribution in [0.3, 0.4) is 0 Å². The predicted octanol–water partition coefficient (Wildman–Crippen LogP) is 1.67. The van der Waals surface area contributed by atoms with Crippen LogP contribution >= 0.6 is 0 Å². The fraction of sp³-hybridized carbons (Fsp3) is 0.200. The number of hydrogen-bond donors (Lipinski definition) is 0. The van der Waals surface area contributed by atoms with Crippen LogP contribution in [0.4, 0.5) is 0 Å². The Labute approximate surface area is 165 Å². The summed E-state index contributed by atoms with van der Waals surface area (Å²) in [7, 11) is 1.86. The van der Waals surface area contributed by atoms with Gasteiger partial charge in [0.2, 0.25) is 0 Å². The zero-order valence-corrected chi connectivity index (χ0v) is 16.0. The minimum atomic E-state index is -0.182. The monoisotopic (exact) mass is 386 g/mol. The molecule has 0 aliphatic carbocycles. The summed E-state index contributed by atoms with van der Waals surface area (Å²) in [6.07, 6.45) is 5.45. The molecule has 5 aromatic rings. The Balaban J connectivity index is 1.61. The lowest BCUT2D eigenvalue weighted by Gasteiger charge is -2.05. The first kappa shape index (κ1) is 17.2. The van der Waals surface area contributed by atoms with Gasteiger partial charge in [0.15, 0.2) is 0 Å². The predicted molar refractivity (Wildman–Crippen MR) is 107 cm³/mol. The van der Waals surface area contributed by atoms with E-state index in [2.05, 4.69) is 20.3 Å². The van der Waals surface area contributed by atoms with E-state index in [1.165, 1.54) is 4.68 Å². The largest absolute Gasteiger partial charge is 0.324 e.